The quantitative estimate of drug-likeness (QED) is 0.558. The molecule has 0 saturated carbocycles. The lowest BCUT2D eigenvalue weighted by molar-refractivity contribution is 0.449. The molecule has 4 heteroatoms. The van der Waals surface area contributed by atoms with Gasteiger partial charge in [-0.25, -0.2) is 4.98 Å². The van der Waals surface area contributed by atoms with Crippen LogP contribution < -0.4 is 10.1 Å². The van der Waals surface area contributed by atoms with E-state index in [1.54, 1.807) is 18.0 Å². The van der Waals surface area contributed by atoms with Crippen molar-refractivity contribution in [3.05, 3.63) is 71.9 Å². The molecule has 0 saturated heterocycles. The van der Waals surface area contributed by atoms with Gasteiger partial charge in [0, 0.05) is 24.5 Å². The standard InChI is InChI=1S/C19H16N2OS/c1-13-5-2-3-6-14(13)12-21-15-8-9-18-17(11-15)22-16-7-4-10-20-19(16)23-18/h2-11,21H,12H2,1H3. The lowest BCUT2D eigenvalue weighted by Gasteiger charge is -2.19. The third-order valence-corrected chi connectivity index (χ3v) is 4.91. The van der Waals surface area contributed by atoms with Gasteiger partial charge in [0.25, 0.3) is 0 Å². The van der Waals surface area contributed by atoms with Crippen LogP contribution in [0.1, 0.15) is 11.1 Å². The highest BCUT2D eigenvalue weighted by atomic mass is 32.2. The third-order valence-electron chi connectivity index (χ3n) is 3.85. The zero-order valence-corrected chi connectivity index (χ0v) is 13.6. The van der Waals surface area contributed by atoms with Crippen LogP contribution in [-0.2, 0) is 6.54 Å². The molecule has 0 atom stereocenters. The van der Waals surface area contributed by atoms with Crippen LogP contribution in [0.25, 0.3) is 0 Å². The van der Waals surface area contributed by atoms with Crippen molar-refractivity contribution in [3.63, 3.8) is 0 Å². The second-order valence-electron chi connectivity index (χ2n) is 5.45. The summed E-state index contributed by atoms with van der Waals surface area (Å²) in [6.07, 6.45) is 1.79. The number of nitrogens with zero attached hydrogens (tertiary/aromatic N) is 1. The number of aromatic nitrogens is 1. The molecule has 3 aromatic rings. The van der Waals surface area contributed by atoms with Gasteiger partial charge in [0.2, 0.25) is 0 Å². The summed E-state index contributed by atoms with van der Waals surface area (Å²) >= 11 is 1.64. The van der Waals surface area contributed by atoms with Crippen LogP contribution in [0.4, 0.5) is 5.69 Å². The van der Waals surface area contributed by atoms with Gasteiger partial charge in [0.05, 0.1) is 4.90 Å². The summed E-state index contributed by atoms with van der Waals surface area (Å²) in [7, 11) is 0. The first kappa shape index (κ1) is 14.2. The predicted molar refractivity (Wildman–Crippen MR) is 93.4 cm³/mol. The average Bonchev–Trinajstić information content (AvgIpc) is 2.59. The Hall–Kier alpha value is -2.46. The van der Waals surface area contributed by atoms with E-state index in [9.17, 15) is 0 Å². The molecule has 0 fully saturated rings. The summed E-state index contributed by atoms with van der Waals surface area (Å²) in [5.74, 6) is 1.70. The maximum atomic E-state index is 5.97. The molecule has 1 aliphatic rings. The number of ether oxygens (including phenoxy) is 1. The topological polar surface area (TPSA) is 34.1 Å². The predicted octanol–water partition coefficient (Wildman–Crippen LogP) is 5.26. The van der Waals surface area contributed by atoms with Crippen molar-refractivity contribution in [2.24, 2.45) is 0 Å². The molecule has 23 heavy (non-hydrogen) atoms. The smallest absolute Gasteiger partial charge is 0.160 e. The van der Waals surface area contributed by atoms with Crippen molar-refractivity contribution in [3.8, 4) is 11.5 Å². The van der Waals surface area contributed by atoms with Crippen molar-refractivity contribution in [1.82, 2.24) is 4.98 Å². The van der Waals surface area contributed by atoms with Crippen LogP contribution in [-0.4, -0.2) is 4.98 Å². The number of aryl methyl sites for hydroxylation is 1. The molecule has 0 radical (unpaired) electrons. The van der Waals surface area contributed by atoms with E-state index in [2.05, 4.69) is 59.7 Å². The molecular weight excluding hydrogens is 304 g/mol. The van der Waals surface area contributed by atoms with Gasteiger partial charge in [-0.3, -0.25) is 0 Å². The number of hydrogen-bond acceptors (Lipinski definition) is 4. The monoisotopic (exact) mass is 320 g/mol. The SMILES string of the molecule is Cc1ccccc1CNc1ccc2c(c1)Oc1cccnc1S2. The van der Waals surface area contributed by atoms with Crippen LogP contribution in [0.5, 0.6) is 11.5 Å². The second kappa shape index (κ2) is 5.97. The number of anilines is 1. The van der Waals surface area contributed by atoms with Crippen LogP contribution in [0.15, 0.2) is 70.7 Å². The summed E-state index contributed by atoms with van der Waals surface area (Å²) in [4.78, 5) is 5.44. The van der Waals surface area contributed by atoms with Gasteiger partial charge in [-0.2, -0.15) is 0 Å². The Morgan fingerprint density at radius 2 is 1.96 bits per heavy atom. The van der Waals surface area contributed by atoms with Crippen molar-refractivity contribution >= 4 is 17.4 Å². The maximum Gasteiger partial charge on any atom is 0.160 e. The minimum absolute atomic E-state index is 0.802. The molecular formula is C19H16N2OS. The highest BCUT2D eigenvalue weighted by Gasteiger charge is 2.18. The molecule has 1 N–H and O–H groups in total. The summed E-state index contributed by atoms with van der Waals surface area (Å²) < 4.78 is 5.97. The summed E-state index contributed by atoms with van der Waals surface area (Å²) in [6, 6.07) is 18.5. The zero-order chi connectivity index (χ0) is 15.6. The summed E-state index contributed by atoms with van der Waals surface area (Å²) in [6.45, 7) is 2.93. The normalized spacial score (nSPS) is 12.0. The van der Waals surface area contributed by atoms with Crippen molar-refractivity contribution in [1.29, 1.82) is 0 Å². The van der Waals surface area contributed by atoms with Crippen LogP contribution in [0.3, 0.4) is 0 Å². The van der Waals surface area contributed by atoms with Gasteiger partial charge >= 0.3 is 0 Å². The van der Waals surface area contributed by atoms with E-state index in [1.807, 2.05) is 12.1 Å². The van der Waals surface area contributed by atoms with Crippen molar-refractivity contribution in [2.75, 3.05) is 5.32 Å². The van der Waals surface area contributed by atoms with Gasteiger partial charge in [-0.15, -0.1) is 0 Å². The van der Waals surface area contributed by atoms with E-state index in [-0.39, 0.29) is 0 Å². The fourth-order valence-electron chi connectivity index (χ4n) is 2.54. The molecule has 0 amide bonds. The first-order valence-electron chi connectivity index (χ1n) is 7.53. The molecule has 114 valence electrons. The Labute approximate surface area is 139 Å². The number of pyridine rings is 1. The number of hydrogen-bond donors (Lipinski definition) is 1. The molecule has 1 aliphatic heterocycles. The Morgan fingerprint density at radius 1 is 1.04 bits per heavy atom. The van der Waals surface area contributed by atoms with Crippen molar-refractivity contribution in [2.45, 2.75) is 23.4 Å². The van der Waals surface area contributed by atoms with Gasteiger partial charge in [-0.05, 0) is 42.3 Å². The first-order valence-corrected chi connectivity index (χ1v) is 8.34. The number of fused-ring (bicyclic) bond motifs is 2. The number of benzene rings is 2. The van der Waals surface area contributed by atoms with Gasteiger partial charge in [0.15, 0.2) is 5.75 Å². The lowest BCUT2D eigenvalue weighted by Crippen LogP contribution is -2.02. The molecule has 0 bridgehead atoms. The third kappa shape index (κ3) is 2.90. The van der Waals surface area contributed by atoms with E-state index < -0.39 is 0 Å². The zero-order valence-electron chi connectivity index (χ0n) is 12.7. The van der Waals surface area contributed by atoms with E-state index in [0.29, 0.717) is 0 Å². The van der Waals surface area contributed by atoms with Crippen molar-refractivity contribution < 1.29 is 4.74 Å². The lowest BCUT2D eigenvalue weighted by atomic mass is 10.1. The Balaban J connectivity index is 1.53. The minimum Gasteiger partial charge on any atom is -0.453 e. The molecule has 0 spiro atoms. The van der Waals surface area contributed by atoms with E-state index in [0.717, 1.165) is 33.7 Å². The first-order chi connectivity index (χ1) is 11.3. The molecule has 2 heterocycles. The van der Waals surface area contributed by atoms with E-state index in [1.165, 1.54) is 11.1 Å². The number of nitrogens with one attached hydrogen (secondary N) is 1. The summed E-state index contributed by atoms with van der Waals surface area (Å²) in [5.41, 5.74) is 3.65. The second-order valence-corrected chi connectivity index (χ2v) is 6.48. The summed E-state index contributed by atoms with van der Waals surface area (Å²) in [5, 5.41) is 4.39. The molecule has 0 unspecified atom stereocenters. The van der Waals surface area contributed by atoms with Gasteiger partial charge < -0.3 is 10.1 Å². The fraction of sp³-hybridized carbons (Fsp3) is 0.105. The Morgan fingerprint density at radius 3 is 2.87 bits per heavy atom. The van der Waals surface area contributed by atoms with Crippen LogP contribution in [0, 0.1) is 6.92 Å². The molecule has 4 rings (SSSR count). The fourth-order valence-corrected chi connectivity index (χ4v) is 3.41. The van der Waals surface area contributed by atoms with E-state index >= 15 is 0 Å². The Bertz CT molecular complexity index is 863. The average molecular weight is 320 g/mol. The molecule has 2 aromatic carbocycles. The highest BCUT2D eigenvalue weighted by molar-refractivity contribution is 7.99. The Kier molecular flexibility index (Phi) is 3.67. The highest BCUT2D eigenvalue weighted by Crippen LogP contribution is 2.46. The van der Waals surface area contributed by atoms with Gasteiger partial charge in [-0.1, -0.05) is 36.0 Å². The number of rotatable bonds is 3. The van der Waals surface area contributed by atoms with Crippen LogP contribution in [0.2, 0.25) is 0 Å². The molecule has 1 aromatic heterocycles. The maximum absolute atomic E-state index is 5.97. The molecule has 0 aliphatic carbocycles. The largest absolute Gasteiger partial charge is 0.453 e. The minimum atomic E-state index is 0.802. The van der Waals surface area contributed by atoms with E-state index in [4.69, 9.17) is 4.74 Å². The van der Waals surface area contributed by atoms with Crippen LogP contribution >= 0.6 is 11.8 Å². The molecule has 3 nitrogen and oxygen atoms in total. The van der Waals surface area contributed by atoms with Gasteiger partial charge in [0.1, 0.15) is 10.8 Å².